The van der Waals surface area contributed by atoms with Gasteiger partial charge in [0.25, 0.3) is 0 Å². The van der Waals surface area contributed by atoms with Crippen LogP contribution in [0.2, 0.25) is 0 Å². The van der Waals surface area contributed by atoms with Gasteiger partial charge in [-0.15, -0.1) is 0 Å². The van der Waals surface area contributed by atoms with Crippen LogP contribution >= 0.6 is 0 Å². The smallest absolute Gasteiger partial charge is 0.236 e. The molecule has 4 heteroatoms. The second-order valence-corrected chi connectivity index (χ2v) is 2.86. The topological polar surface area (TPSA) is 52.6 Å². The maximum Gasteiger partial charge on any atom is 0.236 e. The van der Waals surface area contributed by atoms with E-state index in [-0.39, 0.29) is 18.6 Å². The highest BCUT2D eigenvalue weighted by molar-refractivity contribution is 5.78. The SMILES string of the molecule is CN1CC(CCO)NCC1=O. The monoisotopic (exact) mass is 158 g/mol. The summed E-state index contributed by atoms with van der Waals surface area (Å²) in [6.45, 7) is 1.29. The fourth-order valence-corrected chi connectivity index (χ4v) is 1.21. The van der Waals surface area contributed by atoms with Crippen LogP contribution in [0.4, 0.5) is 0 Å². The fourth-order valence-electron chi connectivity index (χ4n) is 1.21. The summed E-state index contributed by atoms with van der Waals surface area (Å²) in [5.41, 5.74) is 0. The quantitative estimate of drug-likeness (QED) is 0.530. The highest BCUT2D eigenvalue weighted by Crippen LogP contribution is 2.00. The van der Waals surface area contributed by atoms with Crippen molar-refractivity contribution >= 4 is 5.91 Å². The zero-order valence-electron chi connectivity index (χ0n) is 6.71. The van der Waals surface area contributed by atoms with Gasteiger partial charge in [0.2, 0.25) is 5.91 Å². The van der Waals surface area contributed by atoms with Gasteiger partial charge in [0.1, 0.15) is 0 Å². The average Bonchev–Trinajstić information content (AvgIpc) is 1.98. The molecule has 2 N–H and O–H groups in total. The van der Waals surface area contributed by atoms with E-state index < -0.39 is 0 Å². The summed E-state index contributed by atoms with van der Waals surface area (Å²) in [4.78, 5) is 12.6. The lowest BCUT2D eigenvalue weighted by molar-refractivity contribution is -0.131. The van der Waals surface area contributed by atoms with E-state index in [2.05, 4.69) is 5.32 Å². The van der Waals surface area contributed by atoms with Crippen molar-refractivity contribution in [2.24, 2.45) is 0 Å². The Kier molecular flexibility index (Phi) is 2.84. The summed E-state index contributed by atoms with van der Waals surface area (Å²) < 4.78 is 0. The number of carbonyl (C=O) groups is 1. The molecule has 0 spiro atoms. The van der Waals surface area contributed by atoms with Gasteiger partial charge in [-0.05, 0) is 6.42 Å². The Hall–Kier alpha value is -0.610. The van der Waals surface area contributed by atoms with Crippen LogP contribution in [0.25, 0.3) is 0 Å². The predicted molar refractivity (Wildman–Crippen MR) is 41.1 cm³/mol. The van der Waals surface area contributed by atoms with E-state index in [0.29, 0.717) is 13.1 Å². The molecule has 1 heterocycles. The van der Waals surface area contributed by atoms with E-state index in [1.165, 1.54) is 0 Å². The first-order chi connectivity index (χ1) is 5.24. The number of piperazine rings is 1. The van der Waals surface area contributed by atoms with Crippen LogP contribution in [-0.4, -0.2) is 48.7 Å². The molecular weight excluding hydrogens is 144 g/mol. The number of rotatable bonds is 2. The van der Waals surface area contributed by atoms with Crippen LogP contribution in [0, 0.1) is 0 Å². The third-order valence-electron chi connectivity index (χ3n) is 1.94. The summed E-state index contributed by atoms with van der Waals surface area (Å²) in [6.07, 6.45) is 0.720. The first-order valence-corrected chi connectivity index (χ1v) is 3.82. The van der Waals surface area contributed by atoms with E-state index in [9.17, 15) is 4.79 Å². The molecule has 1 saturated heterocycles. The number of likely N-dealkylation sites (N-methyl/N-ethyl adjacent to an activating group) is 1. The van der Waals surface area contributed by atoms with E-state index in [0.717, 1.165) is 6.42 Å². The molecule has 0 aliphatic carbocycles. The minimum Gasteiger partial charge on any atom is -0.396 e. The van der Waals surface area contributed by atoms with Gasteiger partial charge in [0.15, 0.2) is 0 Å². The van der Waals surface area contributed by atoms with Crippen molar-refractivity contribution in [2.75, 3.05) is 26.7 Å². The largest absolute Gasteiger partial charge is 0.396 e. The number of nitrogens with zero attached hydrogens (tertiary/aromatic N) is 1. The molecule has 0 aromatic carbocycles. The molecule has 0 bridgehead atoms. The van der Waals surface area contributed by atoms with Crippen LogP contribution in [0.5, 0.6) is 0 Å². The minimum absolute atomic E-state index is 0.124. The van der Waals surface area contributed by atoms with Crippen molar-refractivity contribution in [2.45, 2.75) is 12.5 Å². The number of hydrogen-bond acceptors (Lipinski definition) is 3. The van der Waals surface area contributed by atoms with Gasteiger partial charge >= 0.3 is 0 Å². The van der Waals surface area contributed by atoms with Crippen molar-refractivity contribution in [3.8, 4) is 0 Å². The van der Waals surface area contributed by atoms with Gasteiger partial charge in [0.05, 0.1) is 6.54 Å². The Balaban J connectivity index is 2.33. The summed E-state index contributed by atoms with van der Waals surface area (Å²) in [7, 11) is 1.79. The second-order valence-electron chi connectivity index (χ2n) is 2.86. The zero-order valence-corrected chi connectivity index (χ0v) is 6.71. The Labute approximate surface area is 66.2 Å². The number of hydrogen-bond donors (Lipinski definition) is 2. The van der Waals surface area contributed by atoms with Crippen LogP contribution in [0.1, 0.15) is 6.42 Å². The molecule has 11 heavy (non-hydrogen) atoms. The first kappa shape index (κ1) is 8.49. The Morgan fingerprint density at radius 1 is 1.82 bits per heavy atom. The van der Waals surface area contributed by atoms with Gasteiger partial charge in [-0.25, -0.2) is 0 Å². The van der Waals surface area contributed by atoms with Gasteiger partial charge in [0, 0.05) is 26.2 Å². The molecule has 1 unspecified atom stereocenters. The van der Waals surface area contributed by atoms with E-state index in [1.54, 1.807) is 11.9 Å². The summed E-state index contributed by atoms with van der Waals surface area (Å²) in [5.74, 6) is 0.124. The molecule has 0 radical (unpaired) electrons. The van der Waals surface area contributed by atoms with Crippen LogP contribution in [-0.2, 0) is 4.79 Å². The van der Waals surface area contributed by atoms with E-state index in [1.807, 2.05) is 0 Å². The molecular formula is C7H14N2O2. The molecule has 1 fully saturated rings. The maximum absolute atomic E-state index is 10.9. The van der Waals surface area contributed by atoms with Crippen molar-refractivity contribution in [3.05, 3.63) is 0 Å². The molecule has 1 rings (SSSR count). The number of aliphatic hydroxyl groups is 1. The van der Waals surface area contributed by atoms with Crippen LogP contribution in [0.15, 0.2) is 0 Å². The van der Waals surface area contributed by atoms with Gasteiger partial charge in [-0.2, -0.15) is 0 Å². The molecule has 1 aliphatic rings. The second kappa shape index (κ2) is 3.69. The highest BCUT2D eigenvalue weighted by Gasteiger charge is 2.20. The Morgan fingerprint density at radius 3 is 3.09 bits per heavy atom. The third-order valence-corrected chi connectivity index (χ3v) is 1.94. The Morgan fingerprint density at radius 2 is 2.55 bits per heavy atom. The average molecular weight is 158 g/mol. The third kappa shape index (κ3) is 2.17. The molecule has 4 nitrogen and oxygen atoms in total. The maximum atomic E-state index is 10.9. The molecule has 0 saturated carbocycles. The predicted octanol–water partition coefficient (Wildman–Crippen LogP) is -1.20. The molecule has 0 aromatic heterocycles. The van der Waals surface area contributed by atoms with Gasteiger partial charge in [-0.3, -0.25) is 4.79 Å². The van der Waals surface area contributed by atoms with Crippen LogP contribution < -0.4 is 5.32 Å². The fraction of sp³-hybridized carbons (Fsp3) is 0.857. The lowest BCUT2D eigenvalue weighted by atomic mass is 10.1. The number of amides is 1. The highest BCUT2D eigenvalue weighted by atomic mass is 16.3. The van der Waals surface area contributed by atoms with Crippen LogP contribution in [0.3, 0.4) is 0 Å². The number of aliphatic hydroxyl groups excluding tert-OH is 1. The van der Waals surface area contributed by atoms with Gasteiger partial charge < -0.3 is 15.3 Å². The lowest BCUT2D eigenvalue weighted by Gasteiger charge is -2.30. The summed E-state index contributed by atoms with van der Waals surface area (Å²) in [5, 5.41) is 11.7. The number of nitrogens with one attached hydrogen (secondary N) is 1. The summed E-state index contributed by atoms with van der Waals surface area (Å²) in [6, 6.07) is 0.266. The minimum atomic E-state index is 0.124. The van der Waals surface area contributed by atoms with Crippen molar-refractivity contribution in [3.63, 3.8) is 0 Å². The van der Waals surface area contributed by atoms with Gasteiger partial charge in [-0.1, -0.05) is 0 Å². The van der Waals surface area contributed by atoms with Crippen molar-refractivity contribution < 1.29 is 9.90 Å². The normalized spacial score (nSPS) is 25.8. The van der Waals surface area contributed by atoms with Crippen molar-refractivity contribution in [1.29, 1.82) is 0 Å². The van der Waals surface area contributed by atoms with E-state index in [4.69, 9.17) is 5.11 Å². The lowest BCUT2D eigenvalue weighted by Crippen LogP contribution is -2.52. The molecule has 1 atom stereocenters. The zero-order chi connectivity index (χ0) is 8.27. The summed E-state index contributed by atoms with van der Waals surface area (Å²) >= 11 is 0. The molecule has 1 aliphatic heterocycles. The first-order valence-electron chi connectivity index (χ1n) is 3.82. The Bertz CT molecular complexity index is 149. The standard InChI is InChI=1S/C7H14N2O2/c1-9-5-6(2-3-10)8-4-7(9)11/h6,8,10H,2-5H2,1H3. The van der Waals surface area contributed by atoms with E-state index >= 15 is 0 Å². The molecule has 64 valence electrons. The number of carbonyl (C=O) groups excluding carboxylic acids is 1. The molecule has 1 amide bonds. The molecule has 0 aromatic rings. The van der Waals surface area contributed by atoms with Crippen molar-refractivity contribution in [1.82, 2.24) is 10.2 Å².